The molecule has 1 heterocycles. The lowest BCUT2D eigenvalue weighted by molar-refractivity contribution is -0.155. The van der Waals surface area contributed by atoms with Gasteiger partial charge >= 0.3 is 5.97 Å². The first-order chi connectivity index (χ1) is 10.8. The SMILES string of the molecule is CC.CCC(C)(C)CCOC(=O)C(C)(C)CCN1CCOCC1. The predicted molar refractivity (Wildman–Crippen MR) is 96.7 cm³/mol. The van der Waals surface area contributed by atoms with Gasteiger partial charge in [-0.25, -0.2) is 0 Å². The highest BCUT2D eigenvalue weighted by atomic mass is 16.5. The lowest BCUT2D eigenvalue weighted by Gasteiger charge is -2.30. The summed E-state index contributed by atoms with van der Waals surface area (Å²) in [5, 5.41) is 0. The third-order valence-electron chi connectivity index (χ3n) is 4.68. The lowest BCUT2D eigenvalue weighted by Crippen LogP contribution is -2.39. The summed E-state index contributed by atoms with van der Waals surface area (Å²) >= 11 is 0. The fourth-order valence-corrected chi connectivity index (χ4v) is 2.16. The van der Waals surface area contributed by atoms with E-state index < -0.39 is 5.41 Å². The molecule has 0 N–H and O–H groups in total. The number of hydrogen-bond donors (Lipinski definition) is 0. The standard InChI is InChI=1S/C17H33NO3.C2H6/c1-6-16(2,3)8-12-21-15(19)17(4,5)7-9-18-10-13-20-14-11-18;1-2/h6-14H2,1-5H3;1-2H3. The van der Waals surface area contributed by atoms with E-state index in [2.05, 4.69) is 25.7 Å². The Morgan fingerprint density at radius 3 is 2.17 bits per heavy atom. The number of rotatable bonds is 8. The van der Waals surface area contributed by atoms with Crippen LogP contribution in [0.5, 0.6) is 0 Å². The fourth-order valence-electron chi connectivity index (χ4n) is 2.16. The molecule has 0 saturated carbocycles. The zero-order valence-electron chi connectivity index (χ0n) is 16.5. The minimum atomic E-state index is -0.408. The van der Waals surface area contributed by atoms with Gasteiger partial charge in [0.05, 0.1) is 25.2 Å². The minimum Gasteiger partial charge on any atom is -0.465 e. The molecule has 0 aromatic heterocycles. The maximum absolute atomic E-state index is 12.2. The molecule has 0 aromatic rings. The molecule has 0 radical (unpaired) electrons. The van der Waals surface area contributed by atoms with Crippen molar-refractivity contribution < 1.29 is 14.3 Å². The number of hydrogen-bond acceptors (Lipinski definition) is 4. The Morgan fingerprint density at radius 2 is 1.65 bits per heavy atom. The summed E-state index contributed by atoms with van der Waals surface area (Å²) in [5.41, 5.74) is -0.160. The molecule has 0 spiro atoms. The molecule has 1 saturated heterocycles. The van der Waals surface area contributed by atoms with Crippen LogP contribution in [-0.4, -0.2) is 50.3 Å². The van der Waals surface area contributed by atoms with Gasteiger partial charge in [0.25, 0.3) is 0 Å². The Kier molecular flexibility index (Phi) is 10.7. The average Bonchev–Trinajstić information content (AvgIpc) is 2.55. The van der Waals surface area contributed by atoms with Crippen LogP contribution in [0.4, 0.5) is 0 Å². The fraction of sp³-hybridized carbons (Fsp3) is 0.947. The summed E-state index contributed by atoms with van der Waals surface area (Å²) in [6.07, 6.45) is 2.86. The molecule has 0 aromatic carbocycles. The van der Waals surface area contributed by atoms with Gasteiger partial charge in [-0.3, -0.25) is 9.69 Å². The van der Waals surface area contributed by atoms with E-state index in [9.17, 15) is 4.79 Å². The van der Waals surface area contributed by atoms with E-state index in [0.29, 0.717) is 6.61 Å². The summed E-state index contributed by atoms with van der Waals surface area (Å²) in [6, 6.07) is 0. The molecular weight excluding hydrogens is 290 g/mol. The maximum atomic E-state index is 12.2. The van der Waals surface area contributed by atoms with Gasteiger partial charge in [0.15, 0.2) is 0 Å². The summed E-state index contributed by atoms with van der Waals surface area (Å²) < 4.78 is 10.8. The second-order valence-electron chi connectivity index (χ2n) is 7.49. The van der Waals surface area contributed by atoms with Crippen LogP contribution in [0, 0.1) is 10.8 Å². The van der Waals surface area contributed by atoms with E-state index in [-0.39, 0.29) is 11.4 Å². The van der Waals surface area contributed by atoms with Crippen LogP contribution >= 0.6 is 0 Å². The normalized spacial score (nSPS) is 16.5. The molecule has 138 valence electrons. The topological polar surface area (TPSA) is 38.8 Å². The highest BCUT2D eigenvalue weighted by Gasteiger charge is 2.30. The molecule has 0 atom stereocenters. The smallest absolute Gasteiger partial charge is 0.311 e. The average molecular weight is 330 g/mol. The van der Waals surface area contributed by atoms with Gasteiger partial charge in [0.1, 0.15) is 0 Å². The van der Waals surface area contributed by atoms with Gasteiger partial charge in [0.2, 0.25) is 0 Å². The van der Waals surface area contributed by atoms with Gasteiger partial charge in [-0.1, -0.05) is 41.0 Å². The zero-order valence-corrected chi connectivity index (χ0v) is 16.5. The van der Waals surface area contributed by atoms with Crippen molar-refractivity contribution in [3.8, 4) is 0 Å². The van der Waals surface area contributed by atoms with E-state index in [0.717, 1.165) is 52.1 Å². The largest absolute Gasteiger partial charge is 0.465 e. The Labute approximate surface area is 143 Å². The molecule has 1 aliphatic rings. The lowest BCUT2D eigenvalue weighted by atomic mass is 9.86. The Bertz CT molecular complexity index is 321. The second-order valence-corrected chi connectivity index (χ2v) is 7.49. The molecular formula is C19H39NO3. The predicted octanol–water partition coefficient (Wildman–Crippen LogP) is 4.13. The number of nitrogens with zero attached hydrogens (tertiary/aromatic N) is 1. The molecule has 0 amide bonds. The summed E-state index contributed by atoms with van der Waals surface area (Å²) in [7, 11) is 0. The van der Waals surface area contributed by atoms with Crippen LogP contribution in [0.2, 0.25) is 0 Å². The van der Waals surface area contributed by atoms with Gasteiger partial charge in [-0.2, -0.15) is 0 Å². The molecule has 0 unspecified atom stereocenters. The van der Waals surface area contributed by atoms with Crippen LogP contribution in [0.15, 0.2) is 0 Å². The third-order valence-corrected chi connectivity index (χ3v) is 4.68. The van der Waals surface area contributed by atoms with Crippen molar-refractivity contribution in [1.29, 1.82) is 0 Å². The van der Waals surface area contributed by atoms with E-state index >= 15 is 0 Å². The van der Waals surface area contributed by atoms with Crippen molar-refractivity contribution in [2.75, 3.05) is 39.5 Å². The molecule has 1 rings (SSSR count). The Morgan fingerprint density at radius 1 is 1.09 bits per heavy atom. The van der Waals surface area contributed by atoms with Crippen molar-refractivity contribution in [3.05, 3.63) is 0 Å². The van der Waals surface area contributed by atoms with Crippen molar-refractivity contribution in [3.63, 3.8) is 0 Å². The van der Waals surface area contributed by atoms with Crippen LogP contribution in [-0.2, 0) is 14.3 Å². The molecule has 1 fully saturated rings. The van der Waals surface area contributed by atoms with E-state index in [1.165, 1.54) is 0 Å². The van der Waals surface area contributed by atoms with Crippen molar-refractivity contribution in [2.24, 2.45) is 10.8 Å². The number of carbonyl (C=O) groups is 1. The molecule has 4 heteroatoms. The van der Waals surface area contributed by atoms with Crippen LogP contribution in [0.1, 0.15) is 67.7 Å². The number of ether oxygens (including phenoxy) is 2. The monoisotopic (exact) mass is 329 g/mol. The summed E-state index contributed by atoms with van der Waals surface area (Å²) in [6.45, 7) is 19.6. The van der Waals surface area contributed by atoms with Gasteiger partial charge in [-0.05, 0) is 38.6 Å². The van der Waals surface area contributed by atoms with Crippen molar-refractivity contribution in [1.82, 2.24) is 4.90 Å². The van der Waals surface area contributed by atoms with E-state index in [4.69, 9.17) is 9.47 Å². The van der Waals surface area contributed by atoms with Crippen LogP contribution in [0.3, 0.4) is 0 Å². The quantitative estimate of drug-likeness (QED) is 0.628. The second kappa shape index (κ2) is 11.0. The van der Waals surface area contributed by atoms with E-state index in [1.54, 1.807) is 0 Å². The number of carbonyl (C=O) groups excluding carboxylic acids is 1. The minimum absolute atomic E-state index is 0.0670. The first kappa shape index (κ1) is 22.4. The molecule has 0 bridgehead atoms. The van der Waals surface area contributed by atoms with Gasteiger partial charge in [0, 0.05) is 13.1 Å². The number of morpholine rings is 1. The zero-order chi connectivity index (χ0) is 17.9. The summed E-state index contributed by atoms with van der Waals surface area (Å²) in [4.78, 5) is 14.6. The molecule has 23 heavy (non-hydrogen) atoms. The Balaban J connectivity index is 0.00000232. The van der Waals surface area contributed by atoms with Crippen molar-refractivity contribution >= 4 is 5.97 Å². The van der Waals surface area contributed by atoms with Crippen LogP contribution < -0.4 is 0 Å². The first-order valence-corrected chi connectivity index (χ1v) is 9.24. The van der Waals surface area contributed by atoms with Gasteiger partial charge < -0.3 is 9.47 Å². The molecule has 4 nitrogen and oxygen atoms in total. The third kappa shape index (κ3) is 9.31. The van der Waals surface area contributed by atoms with E-state index in [1.807, 2.05) is 27.7 Å². The molecule has 1 aliphatic heterocycles. The first-order valence-electron chi connectivity index (χ1n) is 9.24. The maximum Gasteiger partial charge on any atom is 0.311 e. The van der Waals surface area contributed by atoms with Crippen LogP contribution in [0.25, 0.3) is 0 Å². The highest BCUT2D eigenvalue weighted by molar-refractivity contribution is 5.75. The Hall–Kier alpha value is -0.610. The highest BCUT2D eigenvalue weighted by Crippen LogP contribution is 2.26. The number of esters is 1. The van der Waals surface area contributed by atoms with Gasteiger partial charge in [-0.15, -0.1) is 0 Å². The summed E-state index contributed by atoms with van der Waals surface area (Å²) in [5.74, 6) is -0.0670. The van der Waals surface area contributed by atoms with Crippen molar-refractivity contribution in [2.45, 2.75) is 67.7 Å². The molecule has 0 aliphatic carbocycles.